The number of nitrogens with one attached hydrogen (secondary N) is 1. The van der Waals surface area contributed by atoms with Crippen LogP contribution in [0.3, 0.4) is 0 Å². The third kappa shape index (κ3) is 5.22. The number of halogens is 1. The van der Waals surface area contributed by atoms with Crippen molar-refractivity contribution < 1.29 is 14.7 Å². The van der Waals surface area contributed by atoms with E-state index in [1.807, 2.05) is 13.0 Å². The van der Waals surface area contributed by atoms with Crippen molar-refractivity contribution in [2.24, 2.45) is 0 Å². The molecule has 0 radical (unpaired) electrons. The van der Waals surface area contributed by atoms with E-state index >= 15 is 0 Å². The third-order valence-electron chi connectivity index (χ3n) is 3.37. The van der Waals surface area contributed by atoms with E-state index in [1.54, 1.807) is 6.07 Å². The van der Waals surface area contributed by atoms with Gasteiger partial charge in [0.2, 0.25) is 5.91 Å². The van der Waals surface area contributed by atoms with Crippen molar-refractivity contribution in [3.63, 3.8) is 0 Å². The highest BCUT2D eigenvalue weighted by Crippen LogP contribution is 2.23. The lowest BCUT2D eigenvalue weighted by molar-refractivity contribution is -0.113. The van der Waals surface area contributed by atoms with E-state index in [4.69, 9.17) is 16.7 Å². The summed E-state index contributed by atoms with van der Waals surface area (Å²) >= 11 is 6.97. The molecule has 0 saturated carbocycles. The first kappa shape index (κ1) is 19.8. The maximum atomic E-state index is 12.1. The fourth-order valence-electron chi connectivity index (χ4n) is 2.17. The summed E-state index contributed by atoms with van der Waals surface area (Å²) in [6.45, 7) is 2.04. The molecule has 0 aliphatic heterocycles. The first-order chi connectivity index (χ1) is 12.4. The number of amides is 1. The number of hydrogen-bond acceptors (Lipinski definition) is 5. The Morgan fingerprint density at radius 1 is 1.35 bits per heavy atom. The smallest absolute Gasteiger partial charge is 0.337 e. The van der Waals surface area contributed by atoms with E-state index in [-0.39, 0.29) is 22.2 Å². The molecule has 0 spiro atoms. The standard InChI is InChI=1S/C18H16ClN3O3S/c1-2-3-12-5-4-11(9-20)17(22-12)26-10-16(23)21-13-6-7-15(19)14(8-13)18(24)25/h4-8H,2-3,10H2,1H3,(H,21,23)(H,24,25). The van der Waals surface area contributed by atoms with Crippen LogP contribution in [-0.2, 0) is 11.2 Å². The van der Waals surface area contributed by atoms with Crippen molar-refractivity contribution in [1.29, 1.82) is 5.26 Å². The molecule has 134 valence electrons. The molecule has 1 aromatic heterocycles. The average Bonchev–Trinajstić information content (AvgIpc) is 2.62. The number of benzene rings is 1. The average molecular weight is 390 g/mol. The summed E-state index contributed by atoms with van der Waals surface area (Å²) in [7, 11) is 0. The largest absolute Gasteiger partial charge is 0.478 e. The van der Waals surface area contributed by atoms with Gasteiger partial charge in [0.25, 0.3) is 0 Å². The Hall–Kier alpha value is -2.56. The number of anilines is 1. The molecule has 0 aliphatic carbocycles. The van der Waals surface area contributed by atoms with Crippen LogP contribution in [0.1, 0.15) is 35.0 Å². The summed E-state index contributed by atoms with van der Waals surface area (Å²) in [5.74, 6) is -1.46. The number of nitriles is 1. The highest BCUT2D eigenvalue weighted by atomic mass is 35.5. The van der Waals surface area contributed by atoms with Crippen molar-refractivity contribution in [2.75, 3.05) is 11.1 Å². The van der Waals surface area contributed by atoms with Gasteiger partial charge in [-0.05, 0) is 36.8 Å². The van der Waals surface area contributed by atoms with Crippen molar-refractivity contribution >= 4 is 40.9 Å². The van der Waals surface area contributed by atoms with Gasteiger partial charge in [-0.1, -0.05) is 36.7 Å². The van der Waals surface area contributed by atoms with Gasteiger partial charge in [0, 0.05) is 11.4 Å². The van der Waals surface area contributed by atoms with Gasteiger partial charge in [0.15, 0.2) is 0 Å². The number of nitrogens with zero attached hydrogens (tertiary/aromatic N) is 2. The second kappa shape index (κ2) is 9.22. The fourth-order valence-corrected chi connectivity index (χ4v) is 3.16. The minimum Gasteiger partial charge on any atom is -0.478 e. The molecule has 2 N–H and O–H groups in total. The Kier molecular flexibility index (Phi) is 7.01. The van der Waals surface area contributed by atoms with Crippen molar-refractivity contribution in [1.82, 2.24) is 4.98 Å². The first-order valence-electron chi connectivity index (χ1n) is 7.80. The van der Waals surface area contributed by atoms with Crippen molar-refractivity contribution in [3.05, 3.63) is 52.2 Å². The number of carbonyl (C=O) groups excluding carboxylic acids is 1. The van der Waals surface area contributed by atoms with Crippen LogP contribution >= 0.6 is 23.4 Å². The van der Waals surface area contributed by atoms with Crippen LogP contribution in [0.5, 0.6) is 0 Å². The molecule has 0 saturated heterocycles. The number of pyridine rings is 1. The number of thioether (sulfide) groups is 1. The number of aryl methyl sites for hydroxylation is 1. The van der Waals surface area contributed by atoms with Crippen LogP contribution in [-0.4, -0.2) is 27.7 Å². The number of carboxylic acids is 1. The van der Waals surface area contributed by atoms with Gasteiger partial charge in [-0.15, -0.1) is 0 Å². The molecule has 0 unspecified atom stereocenters. The van der Waals surface area contributed by atoms with Gasteiger partial charge in [-0.2, -0.15) is 5.26 Å². The molecule has 8 heteroatoms. The molecule has 26 heavy (non-hydrogen) atoms. The lowest BCUT2D eigenvalue weighted by atomic mass is 10.2. The van der Waals surface area contributed by atoms with Gasteiger partial charge < -0.3 is 10.4 Å². The van der Waals surface area contributed by atoms with E-state index < -0.39 is 5.97 Å². The van der Waals surface area contributed by atoms with E-state index in [2.05, 4.69) is 16.4 Å². The van der Waals surface area contributed by atoms with Crippen LogP contribution in [0.25, 0.3) is 0 Å². The molecule has 2 rings (SSSR count). The zero-order valence-corrected chi connectivity index (χ0v) is 15.5. The van der Waals surface area contributed by atoms with Crippen LogP contribution in [0.4, 0.5) is 5.69 Å². The highest BCUT2D eigenvalue weighted by molar-refractivity contribution is 8.00. The number of aromatic nitrogens is 1. The Balaban J connectivity index is 2.05. The van der Waals surface area contributed by atoms with Crippen molar-refractivity contribution in [3.8, 4) is 6.07 Å². The second-order valence-electron chi connectivity index (χ2n) is 5.35. The van der Waals surface area contributed by atoms with E-state index in [0.29, 0.717) is 16.3 Å². The Labute approximate surface area is 160 Å². The van der Waals surface area contributed by atoms with Gasteiger partial charge >= 0.3 is 5.97 Å². The van der Waals surface area contributed by atoms with Gasteiger partial charge in [0.05, 0.1) is 21.9 Å². The zero-order valence-electron chi connectivity index (χ0n) is 14.0. The Bertz CT molecular complexity index is 880. The van der Waals surface area contributed by atoms with Crippen LogP contribution in [0, 0.1) is 11.3 Å². The molecule has 0 atom stereocenters. The predicted molar refractivity (Wildman–Crippen MR) is 101 cm³/mol. The molecule has 1 amide bonds. The molecule has 1 aromatic carbocycles. The minimum atomic E-state index is -1.17. The monoisotopic (exact) mass is 389 g/mol. The normalized spacial score (nSPS) is 10.2. The SMILES string of the molecule is CCCc1ccc(C#N)c(SCC(=O)Nc2ccc(Cl)c(C(=O)O)c2)n1. The van der Waals surface area contributed by atoms with Gasteiger partial charge in [0.1, 0.15) is 11.1 Å². The van der Waals surface area contributed by atoms with E-state index in [1.165, 1.54) is 18.2 Å². The zero-order chi connectivity index (χ0) is 19.1. The molecule has 2 aromatic rings. The molecular formula is C18H16ClN3O3S. The summed E-state index contributed by atoms with van der Waals surface area (Å²) in [5.41, 5.74) is 1.55. The lowest BCUT2D eigenvalue weighted by Gasteiger charge is -2.08. The molecular weight excluding hydrogens is 374 g/mol. The maximum absolute atomic E-state index is 12.1. The number of rotatable bonds is 7. The Morgan fingerprint density at radius 3 is 2.77 bits per heavy atom. The summed E-state index contributed by atoms with van der Waals surface area (Å²) < 4.78 is 0. The Morgan fingerprint density at radius 2 is 2.12 bits per heavy atom. The predicted octanol–water partition coefficient (Wildman–Crippen LogP) is 3.99. The summed E-state index contributed by atoms with van der Waals surface area (Å²) in [5, 5.41) is 21.5. The number of carbonyl (C=O) groups is 2. The van der Waals surface area contributed by atoms with Crippen LogP contribution in [0.15, 0.2) is 35.4 Å². The van der Waals surface area contributed by atoms with Gasteiger partial charge in [-0.3, -0.25) is 4.79 Å². The highest BCUT2D eigenvalue weighted by Gasteiger charge is 2.13. The molecule has 0 fully saturated rings. The first-order valence-corrected chi connectivity index (χ1v) is 9.16. The number of aromatic carboxylic acids is 1. The second-order valence-corrected chi connectivity index (χ2v) is 6.72. The van der Waals surface area contributed by atoms with Gasteiger partial charge in [-0.25, -0.2) is 9.78 Å². The number of carboxylic acid groups (broad SMARTS) is 1. The third-order valence-corrected chi connectivity index (χ3v) is 4.69. The molecule has 6 nitrogen and oxygen atoms in total. The molecule has 1 heterocycles. The quantitative estimate of drug-likeness (QED) is 0.694. The minimum absolute atomic E-state index is 0.0439. The van der Waals surface area contributed by atoms with E-state index in [9.17, 15) is 14.9 Å². The summed E-state index contributed by atoms with van der Waals surface area (Å²) in [6, 6.07) is 9.83. The lowest BCUT2D eigenvalue weighted by Crippen LogP contribution is -2.15. The molecule has 0 aliphatic rings. The number of hydrogen-bond donors (Lipinski definition) is 2. The summed E-state index contributed by atoms with van der Waals surface area (Å²) in [6.07, 6.45) is 1.74. The summed E-state index contributed by atoms with van der Waals surface area (Å²) in [4.78, 5) is 27.7. The topological polar surface area (TPSA) is 103 Å². The van der Waals surface area contributed by atoms with Crippen molar-refractivity contribution in [2.45, 2.75) is 24.8 Å². The fraction of sp³-hybridized carbons (Fsp3) is 0.222. The van der Waals surface area contributed by atoms with Crippen LogP contribution in [0.2, 0.25) is 5.02 Å². The van der Waals surface area contributed by atoms with E-state index in [0.717, 1.165) is 30.3 Å². The maximum Gasteiger partial charge on any atom is 0.337 e. The molecule has 0 bridgehead atoms. The van der Waals surface area contributed by atoms with Crippen LogP contribution < -0.4 is 5.32 Å².